The average molecular weight is 654 g/mol. The van der Waals surface area contributed by atoms with E-state index in [2.05, 4.69) is 26.1 Å². The lowest BCUT2D eigenvalue weighted by Crippen LogP contribution is -2.46. The predicted octanol–water partition coefficient (Wildman–Crippen LogP) is 10.9. The van der Waals surface area contributed by atoms with E-state index in [0.717, 1.165) is 44.9 Å². The first kappa shape index (κ1) is 44.9. The van der Waals surface area contributed by atoms with Crippen LogP contribution in [-0.2, 0) is 14.3 Å². The summed E-state index contributed by atoms with van der Waals surface area (Å²) in [6.07, 6.45) is 33.1. The summed E-state index contributed by atoms with van der Waals surface area (Å²) in [5.74, 6) is -0.470. The smallest absolute Gasteiger partial charge is 0.306 e. The first-order chi connectivity index (χ1) is 22.5. The number of rotatable bonds is 36. The molecule has 6 heteroatoms. The summed E-state index contributed by atoms with van der Waals surface area (Å²) in [7, 11) is 0. The van der Waals surface area contributed by atoms with Crippen LogP contribution in [0.5, 0.6) is 0 Å². The van der Waals surface area contributed by atoms with Crippen LogP contribution in [-0.4, -0.2) is 46.9 Å². The summed E-state index contributed by atoms with van der Waals surface area (Å²) >= 11 is 0. The van der Waals surface area contributed by atoms with E-state index in [9.17, 15) is 19.8 Å². The van der Waals surface area contributed by atoms with Gasteiger partial charge in [0.2, 0.25) is 5.91 Å². The number of hydrogen-bond donors (Lipinski definition) is 3. The molecule has 0 spiro atoms. The van der Waals surface area contributed by atoms with Crippen molar-refractivity contribution < 1.29 is 24.5 Å². The molecule has 3 N–H and O–H groups in total. The Morgan fingerprint density at radius 3 is 1.33 bits per heavy atom. The molecule has 1 amide bonds. The number of aliphatic hydroxyl groups is 2. The number of unbranched alkanes of at least 4 members (excludes halogenated alkanes) is 24. The predicted molar refractivity (Wildman–Crippen MR) is 195 cm³/mol. The van der Waals surface area contributed by atoms with E-state index in [1.807, 2.05) is 0 Å². The quantitative estimate of drug-likeness (QED) is 0.0462. The number of carbonyl (C=O) groups excluding carboxylic acids is 2. The molecule has 0 aromatic heterocycles. The van der Waals surface area contributed by atoms with Gasteiger partial charge >= 0.3 is 5.97 Å². The van der Waals surface area contributed by atoms with Gasteiger partial charge in [-0.3, -0.25) is 9.59 Å². The highest BCUT2D eigenvalue weighted by atomic mass is 16.5. The minimum absolute atomic E-state index is 0.0851. The lowest BCUT2D eigenvalue weighted by Gasteiger charge is -2.24. The van der Waals surface area contributed by atoms with Crippen molar-refractivity contribution in [3.05, 3.63) is 0 Å². The van der Waals surface area contributed by atoms with Gasteiger partial charge in [-0.05, 0) is 25.7 Å². The Morgan fingerprint density at radius 1 is 0.543 bits per heavy atom. The Labute approximate surface area is 286 Å². The summed E-state index contributed by atoms with van der Waals surface area (Å²) in [5, 5.41) is 23.4. The van der Waals surface area contributed by atoms with Gasteiger partial charge in [0, 0.05) is 6.42 Å². The summed E-state index contributed by atoms with van der Waals surface area (Å²) in [5.41, 5.74) is 0. The third-order valence-electron chi connectivity index (χ3n) is 9.44. The Balaban J connectivity index is 4.56. The molecule has 6 nitrogen and oxygen atoms in total. The third-order valence-corrected chi connectivity index (χ3v) is 9.44. The molecule has 0 aliphatic rings. The van der Waals surface area contributed by atoms with Crippen LogP contribution in [0.25, 0.3) is 0 Å². The molecule has 0 radical (unpaired) electrons. The Hall–Kier alpha value is -1.14. The highest BCUT2D eigenvalue weighted by molar-refractivity contribution is 5.77. The number of carbonyl (C=O) groups is 2. The van der Waals surface area contributed by atoms with Gasteiger partial charge in [-0.2, -0.15) is 0 Å². The molecule has 0 fully saturated rings. The first-order valence-electron chi connectivity index (χ1n) is 20.3. The maximum absolute atomic E-state index is 13.0. The minimum Gasteiger partial charge on any atom is -0.462 e. The minimum atomic E-state index is -0.775. The first-order valence-corrected chi connectivity index (χ1v) is 20.3. The van der Waals surface area contributed by atoms with Gasteiger partial charge in [0.15, 0.2) is 0 Å². The maximum Gasteiger partial charge on any atom is 0.306 e. The zero-order valence-corrected chi connectivity index (χ0v) is 31.0. The molecule has 0 aliphatic carbocycles. The van der Waals surface area contributed by atoms with Crippen molar-refractivity contribution in [2.24, 2.45) is 0 Å². The second kappa shape index (κ2) is 35.2. The zero-order chi connectivity index (χ0) is 33.9. The molecule has 0 rings (SSSR count). The molecule has 0 aliphatic heterocycles. The van der Waals surface area contributed by atoms with Crippen molar-refractivity contribution in [3.8, 4) is 0 Å². The van der Waals surface area contributed by atoms with Gasteiger partial charge < -0.3 is 20.3 Å². The summed E-state index contributed by atoms with van der Waals surface area (Å²) in [6, 6.07) is -0.687. The van der Waals surface area contributed by atoms with Gasteiger partial charge in [0.25, 0.3) is 0 Å². The van der Waals surface area contributed by atoms with Crippen molar-refractivity contribution in [3.63, 3.8) is 0 Å². The van der Waals surface area contributed by atoms with Crippen LogP contribution >= 0.6 is 0 Å². The Morgan fingerprint density at radius 2 is 0.913 bits per heavy atom. The maximum atomic E-state index is 13.0. The lowest BCUT2D eigenvalue weighted by atomic mass is 10.0. The van der Waals surface area contributed by atoms with Crippen LogP contribution in [0.1, 0.15) is 220 Å². The van der Waals surface area contributed by atoms with E-state index in [1.54, 1.807) is 0 Å². The standard InChI is InChI=1S/C40H79NO5/c1-4-7-10-13-16-19-22-25-28-31-36(46-40(45)33-30-27-24-21-18-15-12-9-6-3)34-39(44)41-37(35-42)38(43)32-29-26-23-20-17-14-11-8-5-2/h36-38,42-43H,4-35H2,1-3H3,(H,41,44). The van der Waals surface area contributed by atoms with E-state index in [0.29, 0.717) is 19.3 Å². The van der Waals surface area contributed by atoms with Gasteiger partial charge in [-0.15, -0.1) is 0 Å². The zero-order valence-electron chi connectivity index (χ0n) is 31.0. The molecule has 0 heterocycles. The molecule has 274 valence electrons. The van der Waals surface area contributed by atoms with Crippen LogP contribution in [0.4, 0.5) is 0 Å². The SMILES string of the molecule is CCCCCCCCCCCC(=O)OC(CCCCCCCCCCC)CC(=O)NC(CO)C(O)CCCCCCCCCCC. The highest BCUT2D eigenvalue weighted by Gasteiger charge is 2.24. The largest absolute Gasteiger partial charge is 0.462 e. The second-order valence-corrected chi connectivity index (χ2v) is 14.1. The van der Waals surface area contributed by atoms with E-state index in [1.165, 1.54) is 128 Å². The number of hydrogen-bond acceptors (Lipinski definition) is 5. The van der Waals surface area contributed by atoms with Gasteiger partial charge in [0.1, 0.15) is 6.10 Å². The number of esters is 1. The van der Waals surface area contributed by atoms with Crippen molar-refractivity contribution in [2.45, 2.75) is 238 Å². The number of amides is 1. The van der Waals surface area contributed by atoms with Crippen molar-refractivity contribution in [1.82, 2.24) is 5.32 Å². The van der Waals surface area contributed by atoms with Gasteiger partial charge in [-0.25, -0.2) is 0 Å². The molecule has 46 heavy (non-hydrogen) atoms. The molecule has 0 aromatic carbocycles. The Bertz CT molecular complexity index is 658. The number of nitrogens with one attached hydrogen (secondary N) is 1. The summed E-state index contributed by atoms with van der Waals surface area (Å²) in [4.78, 5) is 25.7. The topological polar surface area (TPSA) is 95.9 Å². The fraction of sp³-hybridized carbons (Fsp3) is 0.950. The third kappa shape index (κ3) is 30.2. The van der Waals surface area contributed by atoms with E-state index in [4.69, 9.17) is 4.74 Å². The molecule has 0 aromatic rings. The van der Waals surface area contributed by atoms with E-state index in [-0.39, 0.29) is 24.9 Å². The van der Waals surface area contributed by atoms with Gasteiger partial charge in [-0.1, -0.05) is 181 Å². The molecule has 0 bridgehead atoms. The van der Waals surface area contributed by atoms with Crippen molar-refractivity contribution in [1.29, 1.82) is 0 Å². The molecule has 0 saturated carbocycles. The Kier molecular flexibility index (Phi) is 34.3. The van der Waals surface area contributed by atoms with Gasteiger partial charge in [0.05, 0.1) is 25.2 Å². The normalized spacial score (nSPS) is 13.4. The van der Waals surface area contributed by atoms with Crippen molar-refractivity contribution >= 4 is 11.9 Å². The van der Waals surface area contributed by atoms with E-state index < -0.39 is 18.2 Å². The molecular weight excluding hydrogens is 574 g/mol. The molecule has 0 saturated heterocycles. The summed E-state index contributed by atoms with van der Waals surface area (Å²) in [6.45, 7) is 6.41. The highest BCUT2D eigenvalue weighted by Crippen LogP contribution is 2.17. The van der Waals surface area contributed by atoms with Crippen LogP contribution in [0.2, 0.25) is 0 Å². The molecular formula is C40H79NO5. The fourth-order valence-corrected chi connectivity index (χ4v) is 6.31. The molecule has 3 atom stereocenters. The number of ether oxygens (including phenoxy) is 1. The van der Waals surface area contributed by atoms with Crippen LogP contribution in [0.3, 0.4) is 0 Å². The monoisotopic (exact) mass is 654 g/mol. The van der Waals surface area contributed by atoms with Crippen molar-refractivity contribution in [2.75, 3.05) is 6.61 Å². The second-order valence-electron chi connectivity index (χ2n) is 14.1. The molecule has 3 unspecified atom stereocenters. The fourth-order valence-electron chi connectivity index (χ4n) is 6.31. The van der Waals surface area contributed by atoms with Crippen LogP contribution in [0.15, 0.2) is 0 Å². The lowest BCUT2D eigenvalue weighted by molar-refractivity contribution is -0.151. The summed E-state index contributed by atoms with van der Waals surface area (Å²) < 4.78 is 5.85. The average Bonchev–Trinajstić information content (AvgIpc) is 3.04. The van der Waals surface area contributed by atoms with Crippen LogP contribution < -0.4 is 5.32 Å². The number of aliphatic hydroxyl groups excluding tert-OH is 2. The van der Waals surface area contributed by atoms with Crippen LogP contribution in [0, 0.1) is 0 Å². The van der Waals surface area contributed by atoms with E-state index >= 15 is 0 Å².